The molecule has 2 aromatic rings. The van der Waals surface area contributed by atoms with Gasteiger partial charge in [-0.15, -0.1) is 0 Å². The van der Waals surface area contributed by atoms with Gasteiger partial charge in [0.15, 0.2) is 0 Å². The number of carboxylic acid groups (broad SMARTS) is 1. The Morgan fingerprint density at radius 2 is 2.17 bits per heavy atom. The molecule has 2 heterocycles. The molecule has 2 aromatic heterocycles. The Labute approximate surface area is 104 Å². The van der Waals surface area contributed by atoms with E-state index in [9.17, 15) is 4.79 Å². The van der Waals surface area contributed by atoms with Crippen molar-refractivity contribution in [2.45, 2.75) is 6.92 Å². The minimum absolute atomic E-state index is 0.0930. The standard InChI is InChI=1S/C12H13N3O3/c1-7-5-14-15(2)11(7)10-9(18-3)4-8(6-13-10)12(16)17/h4-6H,1-3H3,(H,16,17). The van der Waals surface area contributed by atoms with Crippen LogP contribution in [-0.4, -0.2) is 33.0 Å². The Hall–Kier alpha value is -2.37. The number of hydrogen-bond acceptors (Lipinski definition) is 4. The van der Waals surface area contributed by atoms with Crippen molar-refractivity contribution in [2.24, 2.45) is 7.05 Å². The molecule has 0 bridgehead atoms. The van der Waals surface area contributed by atoms with Gasteiger partial charge in [-0.3, -0.25) is 4.68 Å². The molecule has 0 aliphatic rings. The van der Waals surface area contributed by atoms with Gasteiger partial charge >= 0.3 is 5.97 Å². The molecule has 0 radical (unpaired) electrons. The molecule has 18 heavy (non-hydrogen) atoms. The minimum atomic E-state index is -1.03. The molecule has 0 unspecified atom stereocenters. The van der Waals surface area contributed by atoms with E-state index in [1.165, 1.54) is 19.4 Å². The molecule has 0 fully saturated rings. The van der Waals surface area contributed by atoms with E-state index in [-0.39, 0.29) is 5.56 Å². The van der Waals surface area contributed by atoms with Crippen LogP contribution in [0, 0.1) is 6.92 Å². The maximum Gasteiger partial charge on any atom is 0.337 e. The van der Waals surface area contributed by atoms with Crippen molar-refractivity contribution in [3.8, 4) is 17.1 Å². The topological polar surface area (TPSA) is 77.2 Å². The van der Waals surface area contributed by atoms with Crippen LogP contribution in [0.1, 0.15) is 15.9 Å². The first kappa shape index (κ1) is 12.1. The van der Waals surface area contributed by atoms with Gasteiger partial charge in [0.1, 0.15) is 11.4 Å². The molecular weight excluding hydrogens is 234 g/mol. The third-order valence-electron chi connectivity index (χ3n) is 2.67. The molecule has 6 heteroatoms. The van der Waals surface area contributed by atoms with Crippen LogP contribution in [0.25, 0.3) is 11.4 Å². The largest absolute Gasteiger partial charge is 0.494 e. The number of carbonyl (C=O) groups is 1. The average molecular weight is 247 g/mol. The lowest BCUT2D eigenvalue weighted by Crippen LogP contribution is -2.03. The molecule has 94 valence electrons. The van der Waals surface area contributed by atoms with E-state index in [1.807, 2.05) is 6.92 Å². The van der Waals surface area contributed by atoms with Gasteiger partial charge < -0.3 is 9.84 Å². The summed E-state index contributed by atoms with van der Waals surface area (Å²) < 4.78 is 6.88. The maximum absolute atomic E-state index is 10.9. The van der Waals surface area contributed by atoms with Crippen LogP contribution < -0.4 is 4.74 Å². The molecule has 0 amide bonds. The number of ether oxygens (including phenoxy) is 1. The lowest BCUT2D eigenvalue weighted by atomic mass is 10.1. The van der Waals surface area contributed by atoms with E-state index < -0.39 is 5.97 Å². The van der Waals surface area contributed by atoms with Crippen molar-refractivity contribution in [2.75, 3.05) is 7.11 Å². The number of aromatic carboxylic acids is 1. The number of carboxylic acids is 1. The van der Waals surface area contributed by atoms with E-state index >= 15 is 0 Å². The molecule has 0 atom stereocenters. The maximum atomic E-state index is 10.9. The fourth-order valence-electron chi connectivity index (χ4n) is 1.78. The van der Waals surface area contributed by atoms with Crippen molar-refractivity contribution in [3.05, 3.63) is 29.6 Å². The number of hydrogen-bond donors (Lipinski definition) is 1. The second-order valence-electron chi connectivity index (χ2n) is 3.88. The fourth-order valence-corrected chi connectivity index (χ4v) is 1.78. The van der Waals surface area contributed by atoms with Crippen molar-refractivity contribution in [1.82, 2.24) is 14.8 Å². The Kier molecular flexibility index (Phi) is 3.01. The molecule has 0 saturated carbocycles. The average Bonchev–Trinajstić information content (AvgIpc) is 2.68. The smallest absolute Gasteiger partial charge is 0.337 e. The highest BCUT2D eigenvalue weighted by Gasteiger charge is 2.16. The number of aryl methyl sites for hydroxylation is 2. The molecule has 1 N–H and O–H groups in total. The van der Waals surface area contributed by atoms with E-state index in [1.54, 1.807) is 17.9 Å². The predicted octanol–water partition coefficient (Wildman–Crippen LogP) is 1.50. The van der Waals surface area contributed by atoms with Gasteiger partial charge in [0.2, 0.25) is 0 Å². The highest BCUT2D eigenvalue weighted by Crippen LogP contribution is 2.30. The van der Waals surface area contributed by atoms with Crippen LogP contribution in [0.3, 0.4) is 0 Å². The van der Waals surface area contributed by atoms with Crippen LogP contribution in [0.5, 0.6) is 5.75 Å². The molecule has 0 spiro atoms. The number of nitrogens with zero attached hydrogens (tertiary/aromatic N) is 3. The Bertz CT molecular complexity index is 585. The second kappa shape index (κ2) is 4.48. The fraction of sp³-hybridized carbons (Fsp3) is 0.250. The highest BCUT2D eigenvalue weighted by atomic mass is 16.5. The summed E-state index contributed by atoms with van der Waals surface area (Å²) in [5.74, 6) is -0.615. The monoisotopic (exact) mass is 247 g/mol. The second-order valence-corrected chi connectivity index (χ2v) is 3.88. The highest BCUT2D eigenvalue weighted by molar-refractivity contribution is 5.88. The first-order valence-corrected chi connectivity index (χ1v) is 5.31. The number of aromatic nitrogens is 3. The van der Waals surface area contributed by atoms with Crippen LogP contribution >= 0.6 is 0 Å². The van der Waals surface area contributed by atoms with E-state index in [0.717, 1.165) is 11.3 Å². The molecule has 0 saturated heterocycles. The summed E-state index contributed by atoms with van der Waals surface area (Å²) in [6.45, 7) is 1.91. The third-order valence-corrected chi connectivity index (χ3v) is 2.67. The van der Waals surface area contributed by atoms with Crippen molar-refractivity contribution in [1.29, 1.82) is 0 Å². The van der Waals surface area contributed by atoms with Gasteiger partial charge in [0.25, 0.3) is 0 Å². The summed E-state index contributed by atoms with van der Waals surface area (Å²) in [6, 6.07) is 1.46. The minimum Gasteiger partial charge on any atom is -0.494 e. The van der Waals surface area contributed by atoms with E-state index in [0.29, 0.717) is 11.4 Å². The van der Waals surface area contributed by atoms with Crippen LogP contribution in [0.15, 0.2) is 18.5 Å². The Morgan fingerprint density at radius 3 is 2.67 bits per heavy atom. The summed E-state index contributed by atoms with van der Waals surface area (Å²) in [6.07, 6.45) is 3.04. The summed E-state index contributed by atoms with van der Waals surface area (Å²) in [4.78, 5) is 15.1. The predicted molar refractivity (Wildman–Crippen MR) is 64.7 cm³/mol. The van der Waals surface area contributed by atoms with Crippen molar-refractivity contribution < 1.29 is 14.6 Å². The van der Waals surface area contributed by atoms with Crippen LogP contribution in [0.4, 0.5) is 0 Å². The van der Waals surface area contributed by atoms with Gasteiger partial charge in [0, 0.05) is 13.2 Å². The summed E-state index contributed by atoms with van der Waals surface area (Å²) >= 11 is 0. The summed E-state index contributed by atoms with van der Waals surface area (Å²) in [5, 5.41) is 13.1. The zero-order valence-electron chi connectivity index (χ0n) is 10.3. The van der Waals surface area contributed by atoms with Crippen molar-refractivity contribution in [3.63, 3.8) is 0 Å². The molecule has 0 aliphatic carbocycles. The van der Waals surface area contributed by atoms with Crippen molar-refractivity contribution >= 4 is 5.97 Å². The quantitative estimate of drug-likeness (QED) is 0.889. The third kappa shape index (κ3) is 1.92. The normalized spacial score (nSPS) is 10.4. The molecular formula is C12H13N3O3. The first-order valence-electron chi connectivity index (χ1n) is 5.31. The zero-order chi connectivity index (χ0) is 13.3. The summed E-state index contributed by atoms with van der Waals surface area (Å²) in [5.41, 5.74) is 2.44. The van der Waals surface area contributed by atoms with Gasteiger partial charge in [-0.2, -0.15) is 5.10 Å². The molecule has 2 rings (SSSR count). The number of methoxy groups -OCH3 is 1. The van der Waals surface area contributed by atoms with E-state index in [4.69, 9.17) is 9.84 Å². The lowest BCUT2D eigenvalue weighted by Gasteiger charge is -2.09. The molecule has 6 nitrogen and oxygen atoms in total. The SMILES string of the molecule is COc1cc(C(=O)O)cnc1-c1c(C)cnn1C. The molecule has 0 aromatic carbocycles. The van der Waals surface area contributed by atoms with E-state index in [2.05, 4.69) is 10.1 Å². The van der Waals surface area contributed by atoms with Gasteiger partial charge in [-0.25, -0.2) is 9.78 Å². The first-order chi connectivity index (χ1) is 8.54. The van der Waals surface area contributed by atoms with Gasteiger partial charge in [-0.1, -0.05) is 0 Å². The summed E-state index contributed by atoms with van der Waals surface area (Å²) in [7, 11) is 3.28. The van der Waals surface area contributed by atoms with Gasteiger partial charge in [0.05, 0.1) is 24.6 Å². The van der Waals surface area contributed by atoms with Crippen LogP contribution in [-0.2, 0) is 7.05 Å². The van der Waals surface area contributed by atoms with Gasteiger partial charge in [-0.05, 0) is 18.6 Å². The number of rotatable bonds is 3. The number of pyridine rings is 1. The van der Waals surface area contributed by atoms with Crippen LogP contribution in [0.2, 0.25) is 0 Å². The molecule has 0 aliphatic heterocycles. The lowest BCUT2D eigenvalue weighted by molar-refractivity contribution is 0.0696. The Morgan fingerprint density at radius 1 is 1.44 bits per heavy atom. The Balaban J connectivity index is 2.62. The zero-order valence-corrected chi connectivity index (χ0v) is 10.3.